The minimum absolute atomic E-state index is 0.0642. The molecule has 4 rings (SSSR count). The molecule has 36 heavy (non-hydrogen) atoms. The van der Waals surface area contributed by atoms with E-state index in [4.69, 9.17) is 10.5 Å². The molecule has 0 radical (unpaired) electrons. The van der Waals surface area contributed by atoms with Crippen LogP contribution < -0.4 is 4.74 Å². The maximum Gasteiger partial charge on any atom is 0.421 e. The Morgan fingerprint density at radius 3 is 2.61 bits per heavy atom. The molecule has 9 nitrogen and oxygen atoms in total. The highest BCUT2D eigenvalue weighted by molar-refractivity contribution is 5.98. The van der Waals surface area contributed by atoms with Crippen LogP contribution in [0.2, 0.25) is 0 Å². The number of likely N-dealkylation sites (tertiary alicyclic amines) is 1. The second-order valence-electron chi connectivity index (χ2n) is 8.67. The topological polar surface area (TPSA) is 118 Å². The zero-order valence-corrected chi connectivity index (χ0v) is 20.4. The van der Waals surface area contributed by atoms with Crippen LogP contribution in [-0.4, -0.2) is 57.7 Å². The van der Waals surface area contributed by atoms with Gasteiger partial charge >= 0.3 is 12.1 Å². The molecule has 1 fully saturated rings. The number of methoxy groups -OCH3 is 1. The van der Waals surface area contributed by atoms with Gasteiger partial charge in [-0.2, -0.15) is 13.2 Å². The number of ether oxygens (including phenoxy) is 2. The quantitative estimate of drug-likeness (QED) is 0.607. The van der Waals surface area contributed by atoms with Crippen LogP contribution in [0.3, 0.4) is 0 Å². The second-order valence-corrected chi connectivity index (χ2v) is 8.67. The smallest absolute Gasteiger partial charge is 0.421 e. The van der Waals surface area contributed by atoms with Crippen molar-refractivity contribution in [2.75, 3.05) is 20.3 Å². The summed E-state index contributed by atoms with van der Waals surface area (Å²) in [4.78, 5) is 29.3. The third-order valence-electron chi connectivity index (χ3n) is 6.35. The number of hydrogen-bond acceptors (Lipinski definition) is 5. The van der Waals surface area contributed by atoms with Gasteiger partial charge in [0.25, 0.3) is 5.91 Å². The molecule has 12 heteroatoms. The molecule has 0 bridgehead atoms. The first-order valence-corrected chi connectivity index (χ1v) is 11.7. The maximum atomic E-state index is 12.6. The summed E-state index contributed by atoms with van der Waals surface area (Å²) in [5, 5.41) is 9.26. The van der Waals surface area contributed by atoms with E-state index in [-0.39, 0.29) is 29.7 Å². The van der Waals surface area contributed by atoms with Crippen molar-refractivity contribution < 1.29 is 37.3 Å². The van der Waals surface area contributed by atoms with Gasteiger partial charge in [0.2, 0.25) is 5.88 Å². The molecule has 0 unspecified atom stereocenters. The summed E-state index contributed by atoms with van der Waals surface area (Å²) < 4.78 is 49.5. The highest BCUT2D eigenvalue weighted by Gasteiger charge is 2.35. The van der Waals surface area contributed by atoms with Crippen LogP contribution in [0.25, 0.3) is 5.73 Å². The van der Waals surface area contributed by atoms with Crippen LogP contribution in [0.5, 0.6) is 5.88 Å². The van der Waals surface area contributed by atoms with Gasteiger partial charge in [0.15, 0.2) is 0 Å². The van der Waals surface area contributed by atoms with E-state index in [9.17, 15) is 27.9 Å². The molecule has 0 aliphatic carbocycles. The van der Waals surface area contributed by atoms with E-state index >= 15 is 0 Å². The predicted octanol–water partition coefficient (Wildman–Crippen LogP) is 4.95. The van der Waals surface area contributed by atoms with Crippen molar-refractivity contribution in [1.29, 1.82) is 0 Å². The lowest BCUT2D eigenvalue weighted by Crippen LogP contribution is -2.35. The van der Waals surface area contributed by atoms with Crippen molar-refractivity contribution in [3.05, 3.63) is 52.1 Å². The number of amides is 1. The Kier molecular flexibility index (Phi) is 8.62. The second kappa shape index (κ2) is 11.3. The van der Waals surface area contributed by atoms with Crippen LogP contribution in [0.15, 0.2) is 18.3 Å². The number of carbonyl (C=O) groups is 2. The third-order valence-corrected chi connectivity index (χ3v) is 6.35. The number of alkyl halides is 3. The van der Waals surface area contributed by atoms with E-state index in [2.05, 4.69) is 9.72 Å². The van der Waals surface area contributed by atoms with E-state index in [1.807, 2.05) is 11.8 Å². The summed E-state index contributed by atoms with van der Waals surface area (Å²) in [5.41, 5.74) is 8.11. The van der Waals surface area contributed by atoms with Crippen molar-refractivity contribution in [2.45, 2.75) is 64.5 Å². The number of nitrogens with one attached hydrogen (secondary N) is 1. The van der Waals surface area contributed by atoms with Crippen molar-refractivity contribution in [3.8, 4) is 5.88 Å². The lowest BCUT2D eigenvalue weighted by molar-refractivity contribution is -0.139. The Morgan fingerprint density at radius 1 is 1.33 bits per heavy atom. The minimum atomic E-state index is -4.51. The fraction of sp³-hybridized carbons (Fsp3) is 0.542. The van der Waals surface area contributed by atoms with Gasteiger partial charge in [-0.15, -0.1) is 6.04 Å². The van der Waals surface area contributed by atoms with E-state index in [0.29, 0.717) is 31.0 Å². The predicted molar refractivity (Wildman–Crippen MR) is 124 cm³/mol. The highest BCUT2D eigenvalue weighted by atomic mass is 19.4. The number of hydrogen-bond donors (Lipinski definition) is 1. The molecule has 1 saturated heterocycles. The number of aromatic nitrogens is 2. The fourth-order valence-electron chi connectivity index (χ4n) is 4.33. The average molecular weight is 512 g/mol. The van der Waals surface area contributed by atoms with Gasteiger partial charge in [0, 0.05) is 25.3 Å². The van der Waals surface area contributed by atoms with Gasteiger partial charge in [-0.1, -0.05) is 13.3 Å². The van der Waals surface area contributed by atoms with E-state index in [1.54, 1.807) is 11.5 Å². The monoisotopic (exact) mass is 511 g/mol. The van der Waals surface area contributed by atoms with Gasteiger partial charge in [-0.3, -0.25) is 4.79 Å². The molecule has 198 valence electrons. The molecule has 2 atom stereocenters. The Bertz CT molecular complexity index is 1100. The summed E-state index contributed by atoms with van der Waals surface area (Å²) in [6.45, 7) is 5.81. The Labute approximate surface area is 207 Å². The summed E-state index contributed by atoms with van der Waals surface area (Å²) >= 11 is 0. The number of pyridine rings is 1. The number of carbonyl (C=O) groups excluding carboxylic acids is 1. The van der Waals surface area contributed by atoms with E-state index < -0.39 is 29.6 Å². The standard InChI is InChI=1S/C14H18N2O4.C10H12F3N2O/c1-9-3-2-4-15(9)13(17)11-7-10(14(18)19)12-8-20-6-5-16(11)12;1-3-8(14)6-4-7(10(11,12)13)9(16-2)15-5-6/h7,9H,2-6,8H2,1H3,(H,18,19);4-5,8,14H,3H2,1-2H3/q;-1/t9-;8-/m01/s1. The molecule has 2 aliphatic rings. The van der Waals surface area contributed by atoms with E-state index in [1.165, 1.54) is 12.3 Å². The Morgan fingerprint density at radius 2 is 2.06 bits per heavy atom. The van der Waals surface area contributed by atoms with Crippen LogP contribution in [-0.2, 0) is 24.1 Å². The van der Waals surface area contributed by atoms with Gasteiger partial charge in [0.05, 0.1) is 31.6 Å². The maximum absolute atomic E-state index is 12.6. The molecule has 2 N–H and O–H groups in total. The first-order chi connectivity index (χ1) is 17.0. The number of carboxylic acids is 1. The molecule has 0 saturated carbocycles. The lowest BCUT2D eigenvalue weighted by atomic mass is 10.1. The lowest BCUT2D eigenvalue weighted by Gasteiger charge is -2.24. The number of rotatable bonds is 5. The van der Waals surface area contributed by atoms with E-state index in [0.717, 1.165) is 32.6 Å². The zero-order chi connectivity index (χ0) is 26.6. The number of carboxylic acid groups (broad SMARTS) is 1. The van der Waals surface area contributed by atoms with Crippen LogP contribution in [0.1, 0.15) is 76.8 Å². The molecule has 4 heterocycles. The number of aromatic carboxylic acids is 1. The van der Waals surface area contributed by atoms with Gasteiger partial charge < -0.3 is 29.8 Å². The van der Waals surface area contributed by atoms with Gasteiger partial charge in [-0.05, 0) is 37.5 Å². The number of fused-ring (bicyclic) bond motifs is 1. The highest BCUT2D eigenvalue weighted by Crippen LogP contribution is 2.36. The summed E-state index contributed by atoms with van der Waals surface area (Å²) in [7, 11) is 1.13. The summed E-state index contributed by atoms with van der Waals surface area (Å²) in [6.07, 6.45) is -0.814. The molecule has 0 aromatic carbocycles. The first-order valence-electron chi connectivity index (χ1n) is 11.7. The number of nitrogens with zero attached hydrogens (tertiary/aromatic N) is 3. The van der Waals surface area contributed by atoms with Crippen molar-refractivity contribution in [3.63, 3.8) is 0 Å². The average Bonchev–Trinajstić information content (AvgIpc) is 3.46. The Balaban J connectivity index is 0.000000207. The van der Waals surface area contributed by atoms with Crippen LogP contribution >= 0.6 is 0 Å². The summed E-state index contributed by atoms with van der Waals surface area (Å²) in [6, 6.07) is 1.95. The SMILES string of the molecule is CC[C@@H]([NH-])c1cnc(OC)c(C(F)(F)F)c1.C[C@H]1CCCN1C(=O)c1cc(C(=O)O)c2n1CCOC2. The summed E-state index contributed by atoms with van der Waals surface area (Å²) in [5.74, 6) is -1.53. The molecule has 2 aliphatic heterocycles. The normalized spacial score (nSPS) is 18.2. The molecule has 2 aromatic rings. The molecule has 2 aromatic heterocycles. The minimum Gasteiger partial charge on any atom is -0.671 e. The van der Waals surface area contributed by atoms with Crippen molar-refractivity contribution in [2.24, 2.45) is 0 Å². The first kappa shape index (κ1) is 27.5. The largest absolute Gasteiger partial charge is 0.671 e. The number of halogens is 3. The molecule has 0 spiro atoms. The van der Waals surface area contributed by atoms with Crippen molar-refractivity contribution >= 4 is 11.9 Å². The van der Waals surface area contributed by atoms with Gasteiger partial charge in [-0.25, -0.2) is 9.78 Å². The zero-order valence-electron chi connectivity index (χ0n) is 20.4. The van der Waals surface area contributed by atoms with Gasteiger partial charge in [0.1, 0.15) is 11.3 Å². The fourth-order valence-corrected chi connectivity index (χ4v) is 4.33. The molecular weight excluding hydrogens is 481 g/mol. The molecular formula is C24H30F3N4O5-. The Hall–Kier alpha value is -3.12. The van der Waals surface area contributed by atoms with Crippen LogP contribution in [0.4, 0.5) is 13.2 Å². The van der Waals surface area contributed by atoms with Crippen molar-refractivity contribution in [1.82, 2.24) is 14.5 Å². The molecule has 1 amide bonds. The van der Waals surface area contributed by atoms with Crippen LogP contribution in [0, 0.1) is 0 Å². The third kappa shape index (κ3) is 5.81.